The summed E-state index contributed by atoms with van der Waals surface area (Å²) >= 11 is 0. The lowest BCUT2D eigenvalue weighted by Gasteiger charge is -2.12. The molecule has 4 aromatic rings. The maximum atomic E-state index is 6.00. The van der Waals surface area contributed by atoms with Gasteiger partial charge in [0.25, 0.3) is 0 Å². The Morgan fingerprint density at radius 1 is 0.742 bits per heavy atom. The standard InChI is InChI=1S/C25H26N2O4/c1-28-19-11-13-20(14-12-19)30-16-6-15-27-24-10-4-3-9-23(24)26-25(27)18-31-22-8-5-7-21(17-22)29-2/h3-5,7-14,17H,6,15-16,18H2,1-2H3. The Labute approximate surface area is 182 Å². The zero-order chi connectivity index (χ0) is 21.5. The van der Waals surface area contributed by atoms with Crippen molar-refractivity contribution in [1.29, 1.82) is 0 Å². The second-order valence-corrected chi connectivity index (χ2v) is 7.01. The van der Waals surface area contributed by atoms with Crippen molar-refractivity contribution >= 4 is 11.0 Å². The molecule has 0 aliphatic rings. The number of methoxy groups -OCH3 is 2. The Hall–Kier alpha value is -3.67. The Kier molecular flexibility index (Phi) is 6.57. The average Bonchev–Trinajstić information content (AvgIpc) is 3.18. The van der Waals surface area contributed by atoms with Crippen molar-refractivity contribution in [2.24, 2.45) is 0 Å². The lowest BCUT2D eigenvalue weighted by atomic mass is 10.3. The van der Waals surface area contributed by atoms with Gasteiger partial charge in [-0.25, -0.2) is 4.98 Å². The predicted molar refractivity (Wildman–Crippen MR) is 120 cm³/mol. The van der Waals surface area contributed by atoms with E-state index in [-0.39, 0.29) is 0 Å². The van der Waals surface area contributed by atoms with Crippen molar-refractivity contribution in [3.05, 3.63) is 78.6 Å². The van der Waals surface area contributed by atoms with Crippen LogP contribution < -0.4 is 18.9 Å². The zero-order valence-electron chi connectivity index (χ0n) is 17.8. The van der Waals surface area contributed by atoms with Crippen LogP contribution in [0.15, 0.2) is 72.8 Å². The largest absolute Gasteiger partial charge is 0.497 e. The molecule has 0 unspecified atom stereocenters. The molecule has 0 aliphatic carbocycles. The van der Waals surface area contributed by atoms with Gasteiger partial charge in [-0.1, -0.05) is 18.2 Å². The average molecular weight is 418 g/mol. The van der Waals surface area contributed by atoms with Gasteiger partial charge in [-0.05, 0) is 55.0 Å². The van der Waals surface area contributed by atoms with Crippen LogP contribution in [-0.2, 0) is 13.2 Å². The van der Waals surface area contributed by atoms with Crippen LogP contribution in [0, 0.1) is 0 Å². The summed E-state index contributed by atoms with van der Waals surface area (Å²) in [6.45, 7) is 1.77. The van der Waals surface area contributed by atoms with Crippen LogP contribution in [0.25, 0.3) is 11.0 Å². The van der Waals surface area contributed by atoms with Gasteiger partial charge >= 0.3 is 0 Å². The fraction of sp³-hybridized carbons (Fsp3) is 0.240. The van der Waals surface area contributed by atoms with E-state index in [0.29, 0.717) is 13.2 Å². The number of aromatic nitrogens is 2. The third-order valence-electron chi connectivity index (χ3n) is 5.00. The molecule has 0 fully saturated rings. The SMILES string of the molecule is COc1ccc(OCCCn2c(COc3cccc(OC)c3)nc3ccccc32)cc1. The topological polar surface area (TPSA) is 54.7 Å². The number of fused-ring (bicyclic) bond motifs is 1. The van der Waals surface area contributed by atoms with Gasteiger partial charge in [0.1, 0.15) is 35.4 Å². The number of rotatable bonds is 10. The van der Waals surface area contributed by atoms with Crippen LogP contribution >= 0.6 is 0 Å². The molecule has 6 heteroatoms. The molecule has 3 aromatic carbocycles. The monoisotopic (exact) mass is 418 g/mol. The fourth-order valence-electron chi connectivity index (χ4n) is 3.41. The van der Waals surface area contributed by atoms with Gasteiger partial charge in [-0.3, -0.25) is 0 Å². The van der Waals surface area contributed by atoms with E-state index in [9.17, 15) is 0 Å². The molecule has 1 heterocycles. The second kappa shape index (κ2) is 9.89. The van der Waals surface area contributed by atoms with E-state index >= 15 is 0 Å². The highest BCUT2D eigenvalue weighted by Crippen LogP contribution is 2.22. The summed E-state index contributed by atoms with van der Waals surface area (Å²) in [5, 5.41) is 0. The van der Waals surface area contributed by atoms with Crippen LogP contribution in [0.1, 0.15) is 12.2 Å². The molecule has 0 amide bonds. The number of hydrogen-bond donors (Lipinski definition) is 0. The lowest BCUT2D eigenvalue weighted by Crippen LogP contribution is -2.10. The first-order valence-electron chi connectivity index (χ1n) is 10.2. The van der Waals surface area contributed by atoms with Gasteiger partial charge < -0.3 is 23.5 Å². The molecule has 0 bridgehead atoms. The van der Waals surface area contributed by atoms with Gasteiger partial charge in [0, 0.05) is 12.6 Å². The van der Waals surface area contributed by atoms with Gasteiger partial charge in [0.2, 0.25) is 0 Å². The summed E-state index contributed by atoms with van der Waals surface area (Å²) in [6, 6.07) is 23.3. The molecule has 6 nitrogen and oxygen atoms in total. The molecule has 0 saturated carbocycles. The van der Waals surface area contributed by atoms with E-state index < -0.39 is 0 Å². The number of ether oxygens (including phenoxy) is 4. The number of benzene rings is 3. The first kappa shape index (κ1) is 20.6. The third-order valence-corrected chi connectivity index (χ3v) is 5.00. The van der Waals surface area contributed by atoms with Crippen LogP contribution in [0.3, 0.4) is 0 Å². The fourth-order valence-corrected chi connectivity index (χ4v) is 3.41. The molecule has 0 spiro atoms. The molecule has 0 atom stereocenters. The molecule has 0 saturated heterocycles. The van der Waals surface area contributed by atoms with E-state index in [4.69, 9.17) is 23.9 Å². The molecule has 1 aromatic heterocycles. The van der Waals surface area contributed by atoms with Crippen molar-refractivity contribution in [3.63, 3.8) is 0 Å². The molecule has 0 radical (unpaired) electrons. The summed E-state index contributed by atoms with van der Waals surface area (Å²) < 4.78 is 24.5. The summed E-state index contributed by atoms with van der Waals surface area (Å²) in [5.41, 5.74) is 2.05. The second-order valence-electron chi connectivity index (χ2n) is 7.01. The Morgan fingerprint density at radius 3 is 2.29 bits per heavy atom. The Bertz CT molecular complexity index is 1120. The maximum Gasteiger partial charge on any atom is 0.147 e. The van der Waals surface area contributed by atoms with Crippen molar-refractivity contribution in [3.8, 4) is 23.0 Å². The Balaban J connectivity index is 1.41. The van der Waals surface area contributed by atoms with Crippen LogP contribution in [0.4, 0.5) is 0 Å². The first-order valence-corrected chi connectivity index (χ1v) is 10.2. The number of hydrogen-bond acceptors (Lipinski definition) is 5. The third kappa shape index (κ3) is 5.09. The minimum absolute atomic E-state index is 0.376. The molecular weight excluding hydrogens is 392 g/mol. The van der Waals surface area contributed by atoms with Gasteiger partial charge in [-0.15, -0.1) is 0 Å². The minimum atomic E-state index is 0.376. The highest BCUT2D eigenvalue weighted by atomic mass is 16.5. The molecule has 160 valence electrons. The predicted octanol–water partition coefficient (Wildman–Crippen LogP) is 5.10. The lowest BCUT2D eigenvalue weighted by molar-refractivity contribution is 0.279. The van der Waals surface area contributed by atoms with Gasteiger partial charge in [0.05, 0.1) is 31.9 Å². The summed E-state index contributed by atoms with van der Waals surface area (Å²) in [5.74, 6) is 4.05. The number of imidazole rings is 1. The van der Waals surface area contributed by atoms with E-state index in [1.807, 2.05) is 66.7 Å². The minimum Gasteiger partial charge on any atom is -0.497 e. The van der Waals surface area contributed by atoms with Crippen LogP contribution in [0.5, 0.6) is 23.0 Å². The van der Waals surface area contributed by atoms with Crippen LogP contribution in [-0.4, -0.2) is 30.4 Å². The first-order chi connectivity index (χ1) is 15.3. The molecule has 0 N–H and O–H groups in total. The summed E-state index contributed by atoms with van der Waals surface area (Å²) in [6.07, 6.45) is 0.846. The number of nitrogens with zero attached hydrogens (tertiary/aromatic N) is 2. The van der Waals surface area contributed by atoms with E-state index in [1.54, 1.807) is 14.2 Å². The summed E-state index contributed by atoms with van der Waals surface area (Å²) in [7, 11) is 3.30. The molecule has 4 rings (SSSR count). The number of para-hydroxylation sites is 2. The van der Waals surface area contributed by atoms with Crippen molar-refractivity contribution in [2.75, 3.05) is 20.8 Å². The Morgan fingerprint density at radius 2 is 1.48 bits per heavy atom. The highest BCUT2D eigenvalue weighted by Gasteiger charge is 2.11. The quantitative estimate of drug-likeness (QED) is 0.335. The van der Waals surface area contributed by atoms with Crippen molar-refractivity contribution in [1.82, 2.24) is 9.55 Å². The van der Waals surface area contributed by atoms with E-state index in [1.165, 1.54) is 0 Å². The maximum absolute atomic E-state index is 6.00. The molecule has 31 heavy (non-hydrogen) atoms. The van der Waals surface area contributed by atoms with E-state index in [0.717, 1.165) is 52.8 Å². The number of aryl methyl sites for hydroxylation is 1. The smallest absolute Gasteiger partial charge is 0.147 e. The van der Waals surface area contributed by atoms with Crippen LogP contribution in [0.2, 0.25) is 0 Å². The van der Waals surface area contributed by atoms with Gasteiger partial charge in [0.15, 0.2) is 0 Å². The van der Waals surface area contributed by atoms with Gasteiger partial charge in [-0.2, -0.15) is 0 Å². The zero-order valence-corrected chi connectivity index (χ0v) is 17.8. The normalized spacial score (nSPS) is 10.8. The highest BCUT2D eigenvalue weighted by molar-refractivity contribution is 5.75. The van der Waals surface area contributed by atoms with Crippen molar-refractivity contribution in [2.45, 2.75) is 19.6 Å². The summed E-state index contributed by atoms with van der Waals surface area (Å²) in [4.78, 5) is 4.78. The molecular formula is C25H26N2O4. The molecule has 0 aliphatic heterocycles. The van der Waals surface area contributed by atoms with Crippen molar-refractivity contribution < 1.29 is 18.9 Å². The van der Waals surface area contributed by atoms with E-state index in [2.05, 4.69) is 10.6 Å².